The second-order valence-electron chi connectivity index (χ2n) is 6.31. The number of ether oxygens (including phenoxy) is 2. The lowest BCUT2D eigenvalue weighted by Crippen LogP contribution is -2.45. The van der Waals surface area contributed by atoms with Crippen LogP contribution in [0.4, 0.5) is 0 Å². The standard InChI is InChI=1S/C16H29N5O3.HI/c1-11(2)15-20-14(24-21-15)5-7-18-16(17-4)19-12(3)9-23-13-6-8-22-10-13;/h11-13H,5-10H2,1-4H3,(H2,17,18,19);1H. The van der Waals surface area contributed by atoms with Crippen LogP contribution >= 0.6 is 24.0 Å². The highest BCUT2D eigenvalue weighted by molar-refractivity contribution is 14.0. The molecule has 25 heavy (non-hydrogen) atoms. The van der Waals surface area contributed by atoms with Crippen molar-refractivity contribution in [3.63, 3.8) is 0 Å². The van der Waals surface area contributed by atoms with Crippen LogP contribution in [0.3, 0.4) is 0 Å². The van der Waals surface area contributed by atoms with Crippen LogP contribution in [0.1, 0.15) is 44.8 Å². The molecule has 0 bridgehead atoms. The average Bonchev–Trinajstić information content (AvgIpc) is 3.23. The Morgan fingerprint density at radius 2 is 2.20 bits per heavy atom. The van der Waals surface area contributed by atoms with Crippen molar-refractivity contribution in [3.8, 4) is 0 Å². The highest BCUT2D eigenvalue weighted by Crippen LogP contribution is 2.09. The molecule has 8 nitrogen and oxygen atoms in total. The van der Waals surface area contributed by atoms with E-state index in [9.17, 15) is 0 Å². The zero-order valence-electron chi connectivity index (χ0n) is 15.4. The normalized spacial score (nSPS) is 18.9. The van der Waals surface area contributed by atoms with Crippen LogP contribution in [0.15, 0.2) is 9.52 Å². The first kappa shape index (κ1) is 22.1. The van der Waals surface area contributed by atoms with E-state index in [0.29, 0.717) is 32.1 Å². The molecule has 2 rings (SSSR count). The zero-order chi connectivity index (χ0) is 17.4. The van der Waals surface area contributed by atoms with Gasteiger partial charge in [0, 0.05) is 38.6 Å². The van der Waals surface area contributed by atoms with Crippen LogP contribution in [0, 0.1) is 0 Å². The molecular weight excluding hydrogens is 437 g/mol. The molecule has 1 fully saturated rings. The van der Waals surface area contributed by atoms with Crippen molar-refractivity contribution in [1.82, 2.24) is 20.8 Å². The molecule has 1 aromatic rings. The largest absolute Gasteiger partial charge is 0.379 e. The minimum atomic E-state index is 0. The maximum atomic E-state index is 5.81. The molecule has 2 N–H and O–H groups in total. The highest BCUT2D eigenvalue weighted by atomic mass is 127. The maximum absolute atomic E-state index is 5.81. The number of guanidine groups is 1. The van der Waals surface area contributed by atoms with E-state index in [-0.39, 0.29) is 42.0 Å². The van der Waals surface area contributed by atoms with Crippen molar-refractivity contribution in [1.29, 1.82) is 0 Å². The molecule has 0 radical (unpaired) electrons. The van der Waals surface area contributed by atoms with Crippen molar-refractivity contribution < 1.29 is 14.0 Å². The summed E-state index contributed by atoms with van der Waals surface area (Å²) in [6, 6.07) is 0.160. The molecule has 1 aliphatic heterocycles. The second-order valence-corrected chi connectivity index (χ2v) is 6.31. The van der Waals surface area contributed by atoms with Gasteiger partial charge in [0.25, 0.3) is 0 Å². The van der Waals surface area contributed by atoms with E-state index in [4.69, 9.17) is 14.0 Å². The Bertz CT molecular complexity index is 518. The van der Waals surface area contributed by atoms with Crippen molar-refractivity contribution >= 4 is 29.9 Å². The van der Waals surface area contributed by atoms with Gasteiger partial charge in [-0.25, -0.2) is 0 Å². The highest BCUT2D eigenvalue weighted by Gasteiger charge is 2.17. The summed E-state index contributed by atoms with van der Waals surface area (Å²) in [4.78, 5) is 8.58. The van der Waals surface area contributed by atoms with Gasteiger partial charge < -0.3 is 24.6 Å². The van der Waals surface area contributed by atoms with Crippen molar-refractivity contribution in [2.24, 2.45) is 4.99 Å². The van der Waals surface area contributed by atoms with E-state index in [2.05, 4.69) is 32.7 Å². The number of rotatable bonds is 8. The maximum Gasteiger partial charge on any atom is 0.228 e. The third-order valence-electron chi connectivity index (χ3n) is 3.71. The Morgan fingerprint density at radius 1 is 1.40 bits per heavy atom. The quantitative estimate of drug-likeness (QED) is 0.342. The Balaban J connectivity index is 0.00000312. The first-order valence-corrected chi connectivity index (χ1v) is 8.57. The van der Waals surface area contributed by atoms with Gasteiger partial charge in [-0.05, 0) is 13.3 Å². The number of aromatic nitrogens is 2. The lowest BCUT2D eigenvalue weighted by Gasteiger charge is -2.19. The molecule has 9 heteroatoms. The van der Waals surface area contributed by atoms with E-state index in [1.54, 1.807) is 7.05 Å². The van der Waals surface area contributed by atoms with E-state index in [1.807, 2.05) is 13.8 Å². The summed E-state index contributed by atoms with van der Waals surface area (Å²) in [5.41, 5.74) is 0. The Morgan fingerprint density at radius 3 is 2.80 bits per heavy atom. The zero-order valence-corrected chi connectivity index (χ0v) is 17.8. The van der Waals surface area contributed by atoms with Gasteiger partial charge >= 0.3 is 0 Å². The summed E-state index contributed by atoms with van der Waals surface area (Å²) in [5.74, 6) is 2.39. The monoisotopic (exact) mass is 467 g/mol. The summed E-state index contributed by atoms with van der Waals surface area (Å²) in [5, 5.41) is 10.5. The van der Waals surface area contributed by atoms with Crippen LogP contribution in [-0.2, 0) is 15.9 Å². The first-order valence-electron chi connectivity index (χ1n) is 8.57. The molecule has 2 atom stereocenters. The molecule has 0 aromatic carbocycles. The van der Waals surface area contributed by atoms with Gasteiger partial charge in [-0.15, -0.1) is 24.0 Å². The lowest BCUT2D eigenvalue weighted by molar-refractivity contribution is 0.0347. The minimum Gasteiger partial charge on any atom is -0.379 e. The van der Waals surface area contributed by atoms with Crippen LogP contribution in [0.5, 0.6) is 0 Å². The van der Waals surface area contributed by atoms with E-state index in [1.165, 1.54) is 0 Å². The molecular formula is C16H30IN5O3. The first-order chi connectivity index (χ1) is 11.6. The summed E-state index contributed by atoms with van der Waals surface area (Å²) in [6.45, 7) is 8.93. The number of hydrogen-bond acceptors (Lipinski definition) is 6. The van der Waals surface area contributed by atoms with Gasteiger partial charge in [-0.3, -0.25) is 4.99 Å². The number of nitrogens with zero attached hydrogens (tertiary/aromatic N) is 3. The van der Waals surface area contributed by atoms with Crippen molar-refractivity contribution in [2.75, 3.05) is 33.4 Å². The fourth-order valence-corrected chi connectivity index (χ4v) is 2.29. The van der Waals surface area contributed by atoms with Crippen molar-refractivity contribution in [3.05, 3.63) is 11.7 Å². The van der Waals surface area contributed by atoms with Crippen LogP contribution in [0.2, 0.25) is 0 Å². The lowest BCUT2D eigenvalue weighted by atomic mass is 10.2. The van der Waals surface area contributed by atoms with Crippen LogP contribution < -0.4 is 10.6 Å². The van der Waals surface area contributed by atoms with Gasteiger partial charge in [0.2, 0.25) is 5.89 Å². The van der Waals surface area contributed by atoms with Gasteiger partial charge in [0.05, 0.1) is 19.3 Å². The fourth-order valence-electron chi connectivity index (χ4n) is 2.29. The Hall–Kier alpha value is -0.940. The summed E-state index contributed by atoms with van der Waals surface area (Å²) < 4.78 is 16.3. The summed E-state index contributed by atoms with van der Waals surface area (Å²) in [7, 11) is 1.75. The topological polar surface area (TPSA) is 93.8 Å². The number of aliphatic imine (C=N–C) groups is 1. The number of hydrogen-bond donors (Lipinski definition) is 2. The average molecular weight is 467 g/mol. The summed E-state index contributed by atoms with van der Waals surface area (Å²) in [6.07, 6.45) is 1.85. The molecule has 144 valence electrons. The Kier molecular flexibility index (Phi) is 10.3. The second kappa shape index (κ2) is 11.6. The van der Waals surface area contributed by atoms with Gasteiger partial charge in [-0.1, -0.05) is 19.0 Å². The van der Waals surface area contributed by atoms with Crippen LogP contribution in [-0.4, -0.2) is 61.7 Å². The third-order valence-corrected chi connectivity index (χ3v) is 3.71. The van der Waals surface area contributed by atoms with Gasteiger partial charge in [0.15, 0.2) is 11.8 Å². The van der Waals surface area contributed by atoms with E-state index >= 15 is 0 Å². The molecule has 1 aromatic heterocycles. The predicted molar refractivity (Wildman–Crippen MR) is 107 cm³/mol. The van der Waals surface area contributed by atoms with Crippen LogP contribution in [0.25, 0.3) is 0 Å². The SMILES string of the molecule is CN=C(NCCc1nc(C(C)C)no1)NC(C)COC1CCOC1.I. The smallest absolute Gasteiger partial charge is 0.228 e. The van der Waals surface area contributed by atoms with E-state index in [0.717, 1.165) is 24.8 Å². The van der Waals surface area contributed by atoms with Gasteiger partial charge in [0.1, 0.15) is 0 Å². The molecule has 0 aliphatic carbocycles. The predicted octanol–water partition coefficient (Wildman–Crippen LogP) is 1.71. The van der Waals surface area contributed by atoms with Crippen molar-refractivity contribution in [2.45, 2.75) is 51.7 Å². The molecule has 2 unspecified atom stereocenters. The number of halogens is 1. The molecule has 0 spiro atoms. The van der Waals surface area contributed by atoms with E-state index < -0.39 is 0 Å². The molecule has 1 saturated heterocycles. The molecule has 0 saturated carbocycles. The third kappa shape index (κ3) is 7.87. The molecule has 2 heterocycles. The van der Waals surface area contributed by atoms with Gasteiger partial charge in [-0.2, -0.15) is 4.98 Å². The fraction of sp³-hybridized carbons (Fsp3) is 0.812. The molecule has 0 amide bonds. The summed E-state index contributed by atoms with van der Waals surface area (Å²) >= 11 is 0. The minimum absolute atomic E-state index is 0. The number of nitrogens with one attached hydrogen (secondary N) is 2. The Labute approximate surface area is 166 Å². The molecule has 1 aliphatic rings.